The number of hydrogen-bond acceptors (Lipinski definition) is 2. The fourth-order valence-corrected chi connectivity index (χ4v) is 7.82. The summed E-state index contributed by atoms with van der Waals surface area (Å²) < 4.78 is 30.1. The van der Waals surface area contributed by atoms with Crippen LogP contribution in [0.5, 0.6) is 0 Å². The average Bonchev–Trinajstić information content (AvgIpc) is 2.73. The molecule has 0 unspecified atom stereocenters. The molecule has 0 saturated carbocycles. The molecule has 0 amide bonds. The summed E-state index contributed by atoms with van der Waals surface area (Å²) in [5.41, 5.74) is 0. The van der Waals surface area contributed by atoms with Crippen LogP contribution >= 0.6 is 19.7 Å². The molecule has 0 atom stereocenters. The van der Waals surface area contributed by atoms with E-state index in [0.29, 0.717) is 0 Å². The molecular weight excluding hydrogens is 413 g/mol. The Bertz CT molecular complexity index is 809. The van der Waals surface area contributed by atoms with Crippen LogP contribution in [0.3, 0.4) is 0 Å². The van der Waals surface area contributed by atoms with Crippen LogP contribution in [0, 0.1) is 0 Å². The molecule has 6 heteroatoms. The zero-order valence-electron chi connectivity index (χ0n) is 15.7. The van der Waals surface area contributed by atoms with Crippen LogP contribution in [0.2, 0.25) is 0 Å². The molecule has 0 aliphatic rings. The van der Waals surface area contributed by atoms with Crippen molar-refractivity contribution in [3.8, 4) is 0 Å². The van der Waals surface area contributed by atoms with Gasteiger partial charge in [-0.3, -0.25) is 0 Å². The largest absolute Gasteiger partial charge is 0.550 e. The van der Waals surface area contributed by atoms with Crippen molar-refractivity contribution in [3.63, 3.8) is 0 Å². The van der Waals surface area contributed by atoms with Gasteiger partial charge in [-0.15, -0.1) is 12.4 Å². The monoisotopic (exact) mass is 434 g/mol. The Morgan fingerprint density at radius 1 is 0.759 bits per heavy atom. The number of hydrogen-bond donors (Lipinski definition) is 0. The molecule has 0 saturated heterocycles. The molecule has 29 heavy (non-hydrogen) atoms. The van der Waals surface area contributed by atoms with Crippen molar-refractivity contribution in [2.24, 2.45) is 0 Å². The highest BCUT2D eigenvalue weighted by Gasteiger charge is 2.52. The smallest absolute Gasteiger partial charge is 0.282 e. The molecule has 0 radical (unpaired) electrons. The number of halogens is 3. The van der Waals surface area contributed by atoms with Gasteiger partial charge < -0.3 is 9.90 Å². The molecule has 0 spiro atoms. The lowest BCUT2D eigenvalue weighted by atomic mass is 10.2. The lowest BCUT2D eigenvalue weighted by Gasteiger charge is -2.31. The fourth-order valence-electron chi connectivity index (χ4n) is 3.48. The van der Waals surface area contributed by atoms with Gasteiger partial charge >= 0.3 is 0 Å². The maximum absolute atomic E-state index is 15.1. The van der Waals surface area contributed by atoms with Gasteiger partial charge in [0.2, 0.25) is 0 Å². The van der Waals surface area contributed by atoms with Crippen molar-refractivity contribution in [2.75, 3.05) is 6.16 Å². The van der Waals surface area contributed by atoms with Crippen molar-refractivity contribution >= 4 is 41.6 Å². The van der Waals surface area contributed by atoms with Gasteiger partial charge in [-0.2, -0.15) is 0 Å². The molecule has 3 rings (SSSR count). The quantitative estimate of drug-likeness (QED) is 0.508. The number of carboxylic acids is 1. The Morgan fingerprint density at radius 3 is 1.41 bits per heavy atom. The molecule has 0 bridgehead atoms. The Labute approximate surface area is 176 Å². The van der Waals surface area contributed by atoms with Gasteiger partial charge in [-0.25, -0.2) is 8.78 Å². The van der Waals surface area contributed by atoms with Gasteiger partial charge in [-0.1, -0.05) is 54.6 Å². The first-order chi connectivity index (χ1) is 13.4. The lowest BCUT2D eigenvalue weighted by molar-refractivity contribution is -0.306. The number of benzene rings is 3. The normalized spacial score (nSPS) is 11.5. The van der Waals surface area contributed by atoms with E-state index in [1.807, 2.05) is 91.0 Å². The highest BCUT2D eigenvalue weighted by Crippen LogP contribution is 2.58. The molecule has 0 aliphatic carbocycles. The second-order valence-corrected chi connectivity index (χ2v) is 10.2. The molecule has 3 aromatic carbocycles. The topological polar surface area (TPSA) is 40.1 Å². The van der Waals surface area contributed by atoms with Crippen molar-refractivity contribution in [3.05, 3.63) is 91.0 Å². The second-order valence-electron chi connectivity index (χ2n) is 6.70. The summed E-state index contributed by atoms with van der Waals surface area (Å²) in [6, 6.07) is 28.1. The molecule has 0 fully saturated rings. The van der Waals surface area contributed by atoms with Crippen LogP contribution in [-0.2, 0) is 4.79 Å². The Morgan fingerprint density at radius 2 is 1.10 bits per heavy atom. The summed E-state index contributed by atoms with van der Waals surface area (Å²) in [5.74, 6) is -4.60. The summed E-state index contributed by atoms with van der Waals surface area (Å²) in [6.45, 7) is 0. The van der Waals surface area contributed by atoms with E-state index in [0.717, 1.165) is 15.9 Å². The first kappa shape index (κ1) is 23.0. The van der Waals surface area contributed by atoms with Gasteiger partial charge in [0, 0.05) is 12.4 Å². The van der Waals surface area contributed by atoms with E-state index in [4.69, 9.17) is 0 Å². The number of carbonyl (C=O) groups excluding carboxylic acids is 1. The van der Waals surface area contributed by atoms with Gasteiger partial charge in [0.1, 0.15) is 29.3 Å². The first-order valence-electron chi connectivity index (χ1n) is 9.07. The molecule has 0 aliphatic heterocycles. The maximum Gasteiger partial charge on any atom is 0.282 e. The van der Waals surface area contributed by atoms with Crippen LogP contribution < -0.4 is 21.0 Å². The Kier molecular flexibility index (Phi) is 7.89. The molecule has 0 N–H and O–H groups in total. The standard InChI is InChI=1S/C23H21F2O2P.ClH/c24-23(25,17-16-22(26)27)18-28(19-10-4-1-5-11-19,20-12-6-2-7-13-20)21-14-8-3-9-15-21;/h1-15H,16-18H2;1H. The predicted molar refractivity (Wildman–Crippen MR) is 116 cm³/mol. The minimum Gasteiger partial charge on any atom is -0.550 e. The van der Waals surface area contributed by atoms with Gasteiger partial charge in [0.25, 0.3) is 5.92 Å². The SMILES string of the molecule is Cl.O=C([O-])CCC(F)(F)C[P+](c1ccccc1)(c1ccccc1)c1ccccc1. The number of carboxylic acid groups (broad SMARTS) is 1. The third-order valence-corrected chi connectivity index (χ3v) is 9.23. The van der Waals surface area contributed by atoms with E-state index < -0.39 is 38.2 Å². The number of aliphatic carboxylic acids is 1. The second kappa shape index (κ2) is 9.96. The van der Waals surface area contributed by atoms with Gasteiger partial charge in [-0.05, 0) is 42.8 Å². The van der Waals surface area contributed by atoms with E-state index in [-0.39, 0.29) is 12.4 Å². The van der Waals surface area contributed by atoms with E-state index in [1.165, 1.54) is 0 Å². The first-order valence-corrected chi connectivity index (χ1v) is 11.0. The molecule has 3 aromatic rings. The molecule has 0 heterocycles. The van der Waals surface area contributed by atoms with Crippen LogP contribution in [0.1, 0.15) is 12.8 Å². The third-order valence-electron chi connectivity index (χ3n) is 4.75. The summed E-state index contributed by atoms with van der Waals surface area (Å²) in [5, 5.41) is 13.3. The molecule has 152 valence electrons. The Balaban J connectivity index is 0.00000300. The van der Waals surface area contributed by atoms with E-state index in [2.05, 4.69) is 0 Å². The fraction of sp³-hybridized carbons (Fsp3) is 0.174. The average molecular weight is 435 g/mol. The zero-order chi connectivity index (χ0) is 20.0. The number of alkyl halides is 2. The van der Waals surface area contributed by atoms with Crippen molar-refractivity contribution in [2.45, 2.75) is 18.8 Å². The molecular formula is C23H22ClF2O2P. The van der Waals surface area contributed by atoms with Crippen molar-refractivity contribution in [1.82, 2.24) is 0 Å². The number of carbonyl (C=O) groups is 1. The van der Waals surface area contributed by atoms with Crippen LogP contribution in [-0.4, -0.2) is 18.1 Å². The summed E-state index contributed by atoms with van der Waals surface area (Å²) in [4.78, 5) is 10.8. The lowest BCUT2D eigenvalue weighted by Crippen LogP contribution is -2.40. The minimum absolute atomic E-state index is 0. The summed E-state index contributed by atoms with van der Waals surface area (Å²) in [6.07, 6.45) is -1.82. The minimum atomic E-state index is -3.14. The molecule has 2 nitrogen and oxygen atoms in total. The Hall–Kier alpha value is -2.29. The summed E-state index contributed by atoms with van der Waals surface area (Å²) in [7, 11) is -2.70. The predicted octanol–water partition coefficient (Wildman–Crippen LogP) is 3.57. The van der Waals surface area contributed by atoms with Gasteiger partial charge in [0.05, 0.1) is 0 Å². The van der Waals surface area contributed by atoms with Crippen molar-refractivity contribution in [1.29, 1.82) is 0 Å². The number of rotatable bonds is 8. The van der Waals surface area contributed by atoms with E-state index in [1.54, 1.807) is 0 Å². The zero-order valence-corrected chi connectivity index (χ0v) is 17.4. The van der Waals surface area contributed by atoms with Crippen molar-refractivity contribution < 1.29 is 18.7 Å². The maximum atomic E-state index is 15.1. The van der Waals surface area contributed by atoms with Crippen LogP contribution in [0.15, 0.2) is 91.0 Å². The van der Waals surface area contributed by atoms with E-state index in [9.17, 15) is 9.90 Å². The van der Waals surface area contributed by atoms with Crippen LogP contribution in [0.4, 0.5) is 8.78 Å². The highest BCUT2D eigenvalue weighted by molar-refractivity contribution is 7.95. The third kappa shape index (κ3) is 5.41. The van der Waals surface area contributed by atoms with Gasteiger partial charge in [0.15, 0.2) is 0 Å². The molecule has 0 aromatic heterocycles. The summed E-state index contributed by atoms with van der Waals surface area (Å²) >= 11 is 0. The highest BCUT2D eigenvalue weighted by atomic mass is 35.5. The van der Waals surface area contributed by atoms with Crippen LogP contribution in [0.25, 0.3) is 0 Å². The van der Waals surface area contributed by atoms with E-state index >= 15 is 8.78 Å².